The van der Waals surface area contributed by atoms with E-state index in [2.05, 4.69) is 45.6 Å². The molecule has 3 heteroatoms. The van der Waals surface area contributed by atoms with Gasteiger partial charge in [0.05, 0.1) is 0 Å². The molecule has 0 radical (unpaired) electrons. The fraction of sp³-hybridized carbons (Fsp3) is 0.444. The van der Waals surface area contributed by atoms with Gasteiger partial charge >= 0.3 is 0 Å². The summed E-state index contributed by atoms with van der Waals surface area (Å²) in [7, 11) is 0. The molecule has 1 heterocycles. The van der Waals surface area contributed by atoms with E-state index < -0.39 is 0 Å². The first-order valence-electron chi connectivity index (χ1n) is 8.04. The lowest BCUT2D eigenvalue weighted by atomic mass is 10.1. The van der Waals surface area contributed by atoms with Crippen molar-refractivity contribution >= 4 is 5.82 Å². The van der Waals surface area contributed by atoms with Crippen molar-refractivity contribution in [1.29, 1.82) is 0 Å². The fourth-order valence-electron chi connectivity index (χ4n) is 2.99. The van der Waals surface area contributed by atoms with Gasteiger partial charge in [-0.25, -0.2) is 9.97 Å². The smallest absolute Gasteiger partial charge is 0.132 e. The SMILES string of the molecule is c1ccc(CCCNc2ncnc3c2CCCCC3)cc1. The zero-order valence-corrected chi connectivity index (χ0v) is 12.5. The summed E-state index contributed by atoms with van der Waals surface area (Å²) < 4.78 is 0. The maximum absolute atomic E-state index is 4.46. The van der Waals surface area contributed by atoms with Crippen LogP contribution in [-0.4, -0.2) is 16.5 Å². The van der Waals surface area contributed by atoms with E-state index in [0.29, 0.717) is 0 Å². The van der Waals surface area contributed by atoms with Crippen LogP contribution in [0.5, 0.6) is 0 Å². The minimum absolute atomic E-state index is 0.971. The van der Waals surface area contributed by atoms with Gasteiger partial charge in [-0.3, -0.25) is 0 Å². The number of nitrogens with zero attached hydrogens (tertiary/aromatic N) is 2. The number of hydrogen-bond donors (Lipinski definition) is 1. The van der Waals surface area contributed by atoms with E-state index >= 15 is 0 Å². The number of benzene rings is 1. The molecule has 0 spiro atoms. The Labute approximate surface area is 126 Å². The Morgan fingerprint density at radius 1 is 0.952 bits per heavy atom. The highest BCUT2D eigenvalue weighted by molar-refractivity contribution is 5.46. The number of rotatable bonds is 5. The van der Waals surface area contributed by atoms with Crippen molar-refractivity contribution in [2.45, 2.75) is 44.9 Å². The van der Waals surface area contributed by atoms with Gasteiger partial charge in [-0.2, -0.15) is 0 Å². The van der Waals surface area contributed by atoms with Crippen molar-refractivity contribution in [3.63, 3.8) is 0 Å². The third-order valence-electron chi connectivity index (χ3n) is 4.15. The van der Waals surface area contributed by atoms with E-state index in [1.807, 2.05) is 0 Å². The lowest BCUT2D eigenvalue weighted by Gasteiger charge is -2.12. The zero-order valence-electron chi connectivity index (χ0n) is 12.5. The van der Waals surface area contributed by atoms with Crippen LogP contribution in [0.4, 0.5) is 5.82 Å². The van der Waals surface area contributed by atoms with E-state index in [-0.39, 0.29) is 0 Å². The van der Waals surface area contributed by atoms with Crippen LogP contribution in [0.1, 0.15) is 42.5 Å². The Morgan fingerprint density at radius 2 is 1.81 bits per heavy atom. The molecule has 0 amide bonds. The molecular formula is C18H23N3. The second-order valence-electron chi connectivity index (χ2n) is 5.72. The van der Waals surface area contributed by atoms with Crippen LogP contribution in [0.25, 0.3) is 0 Å². The molecule has 0 saturated heterocycles. The Balaban J connectivity index is 1.56. The maximum atomic E-state index is 4.46. The highest BCUT2D eigenvalue weighted by Crippen LogP contribution is 2.23. The molecule has 1 aliphatic rings. The molecule has 110 valence electrons. The summed E-state index contributed by atoms with van der Waals surface area (Å²) in [4.78, 5) is 8.92. The van der Waals surface area contributed by atoms with Gasteiger partial charge in [0.1, 0.15) is 12.1 Å². The van der Waals surface area contributed by atoms with Crippen molar-refractivity contribution in [3.05, 3.63) is 53.5 Å². The van der Waals surface area contributed by atoms with Gasteiger partial charge in [-0.15, -0.1) is 0 Å². The molecule has 0 aliphatic heterocycles. The average molecular weight is 281 g/mol. The predicted octanol–water partition coefficient (Wildman–Crippen LogP) is 3.79. The molecule has 1 aromatic carbocycles. The van der Waals surface area contributed by atoms with Crippen molar-refractivity contribution in [2.75, 3.05) is 11.9 Å². The molecule has 3 rings (SSSR count). The van der Waals surface area contributed by atoms with Gasteiger partial charge in [-0.05, 0) is 44.1 Å². The number of aryl methyl sites for hydroxylation is 2. The Morgan fingerprint density at radius 3 is 2.71 bits per heavy atom. The van der Waals surface area contributed by atoms with Gasteiger partial charge < -0.3 is 5.32 Å². The van der Waals surface area contributed by atoms with Crippen molar-refractivity contribution < 1.29 is 0 Å². The van der Waals surface area contributed by atoms with Gasteiger partial charge in [0.2, 0.25) is 0 Å². The molecule has 0 saturated carbocycles. The highest BCUT2D eigenvalue weighted by atomic mass is 15.0. The molecule has 1 aromatic heterocycles. The van der Waals surface area contributed by atoms with Crippen molar-refractivity contribution in [2.24, 2.45) is 0 Å². The fourth-order valence-corrected chi connectivity index (χ4v) is 2.99. The Bertz CT molecular complexity index is 566. The van der Waals surface area contributed by atoms with Crippen LogP contribution in [0.3, 0.4) is 0 Å². The van der Waals surface area contributed by atoms with E-state index in [1.165, 1.54) is 36.1 Å². The molecule has 3 nitrogen and oxygen atoms in total. The van der Waals surface area contributed by atoms with Crippen LogP contribution < -0.4 is 5.32 Å². The monoisotopic (exact) mass is 281 g/mol. The quantitative estimate of drug-likeness (QED) is 0.669. The van der Waals surface area contributed by atoms with Crippen LogP contribution >= 0.6 is 0 Å². The predicted molar refractivity (Wildman–Crippen MR) is 86.5 cm³/mol. The minimum atomic E-state index is 0.971. The van der Waals surface area contributed by atoms with Crippen LogP contribution in [-0.2, 0) is 19.3 Å². The van der Waals surface area contributed by atoms with Gasteiger partial charge in [0, 0.05) is 17.8 Å². The third kappa shape index (κ3) is 3.81. The normalized spacial score (nSPS) is 14.3. The Kier molecular flexibility index (Phi) is 4.82. The summed E-state index contributed by atoms with van der Waals surface area (Å²) in [6.45, 7) is 0.971. The lowest BCUT2D eigenvalue weighted by Crippen LogP contribution is -2.09. The number of nitrogens with one attached hydrogen (secondary N) is 1. The number of fused-ring (bicyclic) bond motifs is 1. The van der Waals surface area contributed by atoms with Gasteiger partial charge in [-0.1, -0.05) is 36.8 Å². The second-order valence-corrected chi connectivity index (χ2v) is 5.72. The van der Waals surface area contributed by atoms with E-state index in [4.69, 9.17) is 0 Å². The third-order valence-corrected chi connectivity index (χ3v) is 4.15. The first kappa shape index (κ1) is 14.1. The number of aromatic nitrogens is 2. The summed E-state index contributed by atoms with van der Waals surface area (Å²) >= 11 is 0. The minimum Gasteiger partial charge on any atom is -0.370 e. The summed E-state index contributed by atoms with van der Waals surface area (Å²) in [6, 6.07) is 10.7. The largest absolute Gasteiger partial charge is 0.370 e. The average Bonchev–Trinajstić information content (AvgIpc) is 2.78. The van der Waals surface area contributed by atoms with Crippen LogP contribution in [0.2, 0.25) is 0 Å². The molecular weight excluding hydrogens is 258 g/mol. The zero-order chi connectivity index (χ0) is 14.3. The van der Waals surface area contributed by atoms with E-state index in [0.717, 1.165) is 38.0 Å². The first-order valence-corrected chi connectivity index (χ1v) is 8.04. The van der Waals surface area contributed by atoms with Gasteiger partial charge in [0.15, 0.2) is 0 Å². The summed E-state index contributed by atoms with van der Waals surface area (Å²) in [5, 5.41) is 3.52. The lowest BCUT2D eigenvalue weighted by molar-refractivity contribution is 0.708. The highest BCUT2D eigenvalue weighted by Gasteiger charge is 2.13. The van der Waals surface area contributed by atoms with Crippen LogP contribution in [0, 0.1) is 0 Å². The van der Waals surface area contributed by atoms with Crippen molar-refractivity contribution in [3.8, 4) is 0 Å². The maximum Gasteiger partial charge on any atom is 0.132 e. The molecule has 0 atom stereocenters. The molecule has 0 fully saturated rings. The van der Waals surface area contributed by atoms with Crippen LogP contribution in [0.15, 0.2) is 36.7 Å². The first-order chi connectivity index (χ1) is 10.4. The molecule has 1 aliphatic carbocycles. The molecule has 0 unspecified atom stereocenters. The number of anilines is 1. The van der Waals surface area contributed by atoms with E-state index in [1.54, 1.807) is 6.33 Å². The molecule has 0 bridgehead atoms. The molecule has 21 heavy (non-hydrogen) atoms. The summed E-state index contributed by atoms with van der Waals surface area (Å²) in [5.41, 5.74) is 4.02. The summed E-state index contributed by atoms with van der Waals surface area (Å²) in [5.74, 6) is 1.06. The second kappa shape index (κ2) is 7.21. The van der Waals surface area contributed by atoms with Crippen molar-refractivity contribution in [1.82, 2.24) is 9.97 Å². The molecule has 1 N–H and O–H groups in total. The standard InChI is InChI=1S/C18H23N3/c1-3-8-15(9-4-1)10-7-13-19-18-16-11-5-2-6-12-17(16)20-14-21-18/h1,3-4,8-9,14H,2,5-7,10-13H2,(H,19,20,21). The van der Waals surface area contributed by atoms with Gasteiger partial charge in [0.25, 0.3) is 0 Å². The molecule has 2 aromatic rings. The Hall–Kier alpha value is -1.90. The number of hydrogen-bond acceptors (Lipinski definition) is 3. The van der Waals surface area contributed by atoms with E-state index in [9.17, 15) is 0 Å². The summed E-state index contributed by atoms with van der Waals surface area (Å²) in [6.07, 6.45) is 10.0. The topological polar surface area (TPSA) is 37.8 Å².